The summed E-state index contributed by atoms with van der Waals surface area (Å²) in [5.74, 6) is 0. The first-order valence-electron chi connectivity index (χ1n) is 2.85. The van der Waals surface area contributed by atoms with Gasteiger partial charge in [0.1, 0.15) is 16.8 Å². The first kappa shape index (κ1) is 8.14. The second-order valence-corrected chi connectivity index (χ2v) is 2.46. The van der Waals surface area contributed by atoms with Crippen LogP contribution in [-0.2, 0) is 9.16 Å². The van der Waals surface area contributed by atoms with Crippen LogP contribution in [0, 0.1) is 0 Å². The zero-order valence-corrected chi connectivity index (χ0v) is 7.97. The molecule has 0 rings (SSSR count). The van der Waals surface area contributed by atoms with Crippen molar-refractivity contribution in [2.24, 2.45) is 0 Å². The second kappa shape index (κ2) is 4.06. The fourth-order valence-electron chi connectivity index (χ4n) is 0.439. The summed E-state index contributed by atoms with van der Waals surface area (Å²) in [6, 6.07) is 0. The van der Waals surface area contributed by atoms with Crippen molar-refractivity contribution >= 4 is 10.5 Å². The molecule has 50 valence electrons. The Bertz CT molecular complexity index is 56.4. The molecule has 0 aromatic heterocycles. The maximum atomic E-state index is 5.21. The zero-order chi connectivity index (χ0) is 6.57. The number of rotatable bonds is 3. The number of ether oxygens (including phenoxy) is 1. The van der Waals surface area contributed by atoms with E-state index in [9.17, 15) is 0 Å². The van der Waals surface area contributed by atoms with E-state index in [4.69, 9.17) is 9.16 Å². The quantitative estimate of drug-likeness (QED) is 0.401. The van der Waals surface area contributed by atoms with Gasteiger partial charge in [-0.1, -0.05) is 0 Å². The van der Waals surface area contributed by atoms with Gasteiger partial charge in [-0.15, -0.1) is 0 Å². The van der Waals surface area contributed by atoms with Gasteiger partial charge in [-0.2, -0.15) is 0 Å². The van der Waals surface area contributed by atoms with Crippen LogP contribution in [0.3, 0.4) is 0 Å². The van der Waals surface area contributed by atoms with Crippen molar-refractivity contribution in [3.8, 4) is 0 Å². The molecule has 0 aliphatic carbocycles. The average Bonchev–Trinajstić information content (AvgIpc) is 1.65. The summed E-state index contributed by atoms with van der Waals surface area (Å²) >= 11 is 0. The highest BCUT2D eigenvalue weighted by Crippen LogP contribution is 1.95. The highest BCUT2D eigenvalue weighted by molar-refractivity contribution is 5.98. The number of hydrogen-bond donors (Lipinski definition) is 0. The van der Waals surface area contributed by atoms with Gasteiger partial charge in [0.2, 0.25) is 0 Å². The molecule has 0 saturated heterocycles. The molecule has 2 nitrogen and oxygen atoms in total. The minimum atomic E-state index is -0.0123. The van der Waals surface area contributed by atoms with Gasteiger partial charge in [-0.25, -0.2) is 0 Å². The zero-order valence-electron chi connectivity index (χ0n) is 5.97. The molecule has 0 aromatic carbocycles. The van der Waals surface area contributed by atoms with Crippen LogP contribution in [0.2, 0.25) is 0 Å². The summed E-state index contributed by atoms with van der Waals surface area (Å²) in [7, 11) is 0.753. The lowest BCUT2D eigenvalue weighted by Crippen LogP contribution is -2.15. The minimum Gasteiger partial charge on any atom is -0.404 e. The molecule has 0 heterocycles. The third-order valence-corrected chi connectivity index (χ3v) is 1.46. The van der Waals surface area contributed by atoms with Crippen LogP contribution < -0.4 is 0 Å². The third kappa shape index (κ3) is 4.30. The van der Waals surface area contributed by atoms with Crippen LogP contribution in [0.15, 0.2) is 0 Å². The highest BCUT2D eigenvalue weighted by Gasteiger charge is 1.98. The van der Waals surface area contributed by atoms with E-state index < -0.39 is 0 Å². The third-order valence-electron chi connectivity index (χ3n) is 0.796. The molecule has 0 N–H and O–H groups in total. The monoisotopic (exact) mass is 134 g/mol. The molecule has 0 fully saturated rings. The predicted molar refractivity (Wildman–Crippen MR) is 36.7 cm³/mol. The Kier molecular flexibility index (Phi) is 4.13. The molecule has 0 amide bonds. The smallest absolute Gasteiger partial charge is 0.149 e. The van der Waals surface area contributed by atoms with Crippen molar-refractivity contribution in [2.45, 2.75) is 33.2 Å². The Labute approximate surface area is 53.7 Å². The van der Waals surface area contributed by atoms with Gasteiger partial charge < -0.3 is 9.16 Å². The first-order valence-corrected chi connectivity index (χ1v) is 3.66. The minimum absolute atomic E-state index is 0.0123. The summed E-state index contributed by atoms with van der Waals surface area (Å²) in [6.07, 6.45) is 0.264. The molecule has 0 radical (unpaired) electrons. The molecule has 3 heteroatoms. The van der Waals surface area contributed by atoms with E-state index in [0.717, 1.165) is 10.5 Å². The van der Waals surface area contributed by atoms with Crippen molar-refractivity contribution in [1.82, 2.24) is 0 Å². The largest absolute Gasteiger partial charge is 0.404 e. The topological polar surface area (TPSA) is 18.5 Å². The van der Waals surface area contributed by atoms with Gasteiger partial charge in [-0.05, 0) is 20.8 Å². The summed E-state index contributed by atoms with van der Waals surface area (Å²) in [4.78, 5) is 0. The van der Waals surface area contributed by atoms with Crippen LogP contribution in [0.25, 0.3) is 0 Å². The molecule has 0 aromatic rings. The fraction of sp³-hybridized carbons (Fsp3) is 1.00. The van der Waals surface area contributed by atoms with Gasteiger partial charge in [-0.3, -0.25) is 0 Å². The van der Waals surface area contributed by atoms with E-state index in [1.54, 1.807) is 0 Å². The Morgan fingerprint density at radius 3 is 1.88 bits per heavy atom. The van der Waals surface area contributed by atoms with E-state index >= 15 is 0 Å². The summed E-state index contributed by atoms with van der Waals surface area (Å²) in [6.45, 7) is 5.90. The lowest BCUT2D eigenvalue weighted by molar-refractivity contribution is -0.0920. The van der Waals surface area contributed by atoms with Crippen molar-refractivity contribution in [2.75, 3.05) is 0 Å². The molecule has 0 aliphatic heterocycles. The van der Waals surface area contributed by atoms with Crippen molar-refractivity contribution in [3.05, 3.63) is 0 Å². The molecule has 0 bridgehead atoms. The summed E-state index contributed by atoms with van der Waals surface area (Å²) < 4.78 is 10.2. The Balaban J connectivity index is 3.10. The van der Waals surface area contributed by atoms with Crippen LogP contribution in [0.4, 0.5) is 0 Å². The fourth-order valence-corrected chi connectivity index (χ4v) is 0.550. The number of hydrogen-bond acceptors (Lipinski definition) is 2. The summed E-state index contributed by atoms with van der Waals surface area (Å²) in [5.41, 5.74) is 0. The standard InChI is InChI=1S/C5H14O2Si/c1-4(2)6-5(3)7-8/h4-5H,1-3,8H3. The molecule has 0 spiro atoms. The molecule has 1 unspecified atom stereocenters. The average molecular weight is 134 g/mol. The van der Waals surface area contributed by atoms with Gasteiger partial charge in [0.15, 0.2) is 0 Å². The Hall–Kier alpha value is 0.137. The second-order valence-electron chi connectivity index (χ2n) is 1.99. The molecule has 0 aliphatic rings. The molecule has 1 atom stereocenters. The van der Waals surface area contributed by atoms with Gasteiger partial charge in [0.05, 0.1) is 6.10 Å². The van der Waals surface area contributed by atoms with E-state index in [2.05, 4.69) is 0 Å². The van der Waals surface area contributed by atoms with E-state index in [0.29, 0.717) is 0 Å². The van der Waals surface area contributed by atoms with E-state index in [-0.39, 0.29) is 12.4 Å². The SMILES string of the molecule is CC(C)OC(C)O[SiH3]. The highest BCUT2D eigenvalue weighted by atomic mass is 28.2. The predicted octanol–water partition coefficient (Wildman–Crippen LogP) is 0.0544. The van der Waals surface area contributed by atoms with E-state index in [1.807, 2.05) is 20.8 Å². The first-order chi connectivity index (χ1) is 3.66. The van der Waals surface area contributed by atoms with Crippen LogP contribution >= 0.6 is 0 Å². The maximum absolute atomic E-state index is 5.21. The van der Waals surface area contributed by atoms with Gasteiger partial charge >= 0.3 is 0 Å². The van der Waals surface area contributed by atoms with Gasteiger partial charge in [0, 0.05) is 0 Å². The van der Waals surface area contributed by atoms with E-state index in [1.165, 1.54) is 0 Å². The van der Waals surface area contributed by atoms with Crippen molar-refractivity contribution in [1.29, 1.82) is 0 Å². The normalized spacial score (nSPS) is 15.0. The van der Waals surface area contributed by atoms with Crippen LogP contribution in [0.1, 0.15) is 20.8 Å². The van der Waals surface area contributed by atoms with Gasteiger partial charge in [0.25, 0.3) is 0 Å². The Morgan fingerprint density at radius 2 is 1.75 bits per heavy atom. The Morgan fingerprint density at radius 1 is 1.25 bits per heavy atom. The van der Waals surface area contributed by atoms with Crippen molar-refractivity contribution < 1.29 is 9.16 Å². The molecule has 8 heavy (non-hydrogen) atoms. The van der Waals surface area contributed by atoms with Crippen molar-refractivity contribution in [3.63, 3.8) is 0 Å². The van der Waals surface area contributed by atoms with Crippen LogP contribution in [0.5, 0.6) is 0 Å². The maximum Gasteiger partial charge on any atom is 0.149 e. The molecular weight excluding hydrogens is 120 g/mol. The lowest BCUT2D eigenvalue weighted by atomic mass is 10.5. The summed E-state index contributed by atoms with van der Waals surface area (Å²) in [5, 5.41) is 0. The molecular formula is C5H14O2Si. The molecule has 0 saturated carbocycles. The lowest BCUT2D eigenvalue weighted by Gasteiger charge is -2.13. The van der Waals surface area contributed by atoms with Crippen LogP contribution in [-0.4, -0.2) is 22.9 Å².